The van der Waals surface area contributed by atoms with E-state index in [1.807, 2.05) is 0 Å². The highest BCUT2D eigenvalue weighted by molar-refractivity contribution is 6.16. The highest BCUT2D eigenvalue weighted by Crippen LogP contribution is 2.55. The quantitative estimate of drug-likeness (QED) is 0.666. The first-order chi connectivity index (χ1) is 9.34. The Morgan fingerprint density at radius 2 is 1.05 bits per heavy atom. The minimum atomic E-state index is -0.338. The standard InChI is InChI=1S/C19H23B/c1-18(2,3)19(4,20)17(15-11-7-5-8-12-15)16-13-9-6-10-14-16/h5-14,17H,1-4H3/t19-/m0/s1. The van der Waals surface area contributed by atoms with Crippen molar-refractivity contribution >= 4 is 7.85 Å². The van der Waals surface area contributed by atoms with Crippen LogP contribution in [-0.2, 0) is 0 Å². The smallest absolute Gasteiger partial charge is 0.0663 e. The highest BCUT2D eigenvalue weighted by Gasteiger charge is 2.40. The van der Waals surface area contributed by atoms with Crippen LogP contribution in [0, 0.1) is 5.41 Å². The van der Waals surface area contributed by atoms with E-state index >= 15 is 0 Å². The van der Waals surface area contributed by atoms with Gasteiger partial charge >= 0.3 is 0 Å². The summed E-state index contributed by atoms with van der Waals surface area (Å²) in [5.41, 5.74) is 2.56. The molecule has 0 N–H and O–H groups in total. The monoisotopic (exact) mass is 262 g/mol. The molecule has 0 unspecified atom stereocenters. The third-order valence-corrected chi connectivity index (χ3v) is 4.48. The van der Waals surface area contributed by atoms with Crippen molar-refractivity contribution in [3.8, 4) is 0 Å². The summed E-state index contributed by atoms with van der Waals surface area (Å²) in [6.07, 6.45) is 0. The summed E-state index contributed by atoms with van der Waals surface area (Å²) in [5.74, 6) is 0.185. The zero-order valence-electron chi connectivity index (χ0n) is 12.9. The Morgan fingerprint density at radius 3 is 1.35 bits per heavy atom. The van der Waals surface area contributed by atoms with Crippen molar-refractivity contribution in [2.24, 2.45) is 5.41 Å². The number of benzene rings is 2. The van der Waals surface area contributed by atoms with Gasteiger partial charge in [-0.2, -0.15) is 0 Å². The second-order valence-electron chi connectivity index (χ2n) is 6.79. The lowest BCUT2D eigenvalue weighted by Gasteiger charge is -2.46. The summed E-state index contributed by atoms with van der Waals surface area (Å²) in [4.78, 5) is 0. The third-order valence-electron chi connectivity index (χ3n) is 4.48. The maximum absolute atomic E-state index is 6.80. The molecule has 0 nitrogen and oxygen atoms in total. The highest BCUT2D eigenvalue weighted by atomic mass is 14.4. The molecule has 0 aliphatic heterocycles. The molecule has 1 atom stereocenters. The van der Waals surface area contributed by atoms with Gasteiger partial charge in [0.2, 0.25) is 0 Å². The maximum Gasteiger partial charge on any atom is 0.0762 e. The average Bonchev–Trinajstić information content (AvgIpc) is 2.40. The summed E-state index contributed by atoms with van der Waals surface area (Å²) >= 11 is 0. The van der Waals surface area contributed by atoms with Gasteiger partial charge in [0.15, 0.2) is 0 Å². The van der Waals surface area contributed by atoms with Crippen molar-refractivity contribution in [3.05, 3.63) is 71.8 Å². The minimum Gasteiger partial charge on any atom is -0.0663 e. The number of rotatable bonds is 3. The van der Waals surface area contributed by atoms with Gasteiger partial charge in [0, 0.05) is 5.92 Å². The van der Waals surface area contributed by atoms with E-state index in [0.717, 1.165) is 0 Å². The number of hydrogen-bond acceptors (Lipinski definition) is 0. The summed E-state index contributed by atoms with van der Waals surface area (Å²) < 4.78 is 0. The molecular formula is C19H23B. The van der Waals surface area contributed by atoms with Crippen molar-refractivity contribution in [2.75, 3.05) is 0 Å². The molecule has 0 fully saturated rings. The Labute approximate surface area is 124 Å². The molecule has 0 saturated heterocycles. The molecule has 2 radical (unpaired) electrons. The van der Waals surface area contributed by atoms with Gasteiger partial charge in [-0.25, -0.2) is 0 Å². The second-order valence-corrected chi connectivity index (χ2v) is 6.79. The normalized spacial score (nSPS) is 15.1. The lowest BCUT2D eigenvalue weighted by Crippen LogP contribution is -2.33. The Bertz CT molecular complexity index is 495. The molecule has 0 aliphatic rings. The largest absolute Gasteiger partial charge is 0.0762 e. The molecule has 2 aromatic carbocycles. The average molecular weight is 262 g/mol. The molecule has 0 amide bonds. The Hall–Kier alpha value is -1.50. The summed E-state index contributed by atoms with van der Waals surface area (Å²) in [5, 5.41) is -0.338. The first kappa shape index (κ1) is 14.9. The first-order valence-electron chi connectivity index (χ1n) is 7.23. The summed E-state index contributed by atoms with van der Waals surface area (Å²) in [7, 11) is 6.80. The molecule has 1 heteroatoms. The maximum atomic E-state index is 6.80. The van der Waals surface area contributed by atoms with Crippen LogP contribution in [0.4, 0.5) is 0 Å². The molecule has 0 aliphatic carbocycles. The minimum absolute atomic E-state index is 0.00332. The fraction of sp³-hybridized carbons (Fsp3) is 0.368. The fourth-order valence-electron chi connectivity index (χ4n) is 2.61. The molecule has 102 valence electrons. The van der Waals surface area contributed by atoms with Crippen LogP contribution in [0.5, 0.6) is 0 Å². The molecule has 0 aromatic heterocycles. The van der Waals surface area contributed by atoms with Crippen molar-refractivity contribution in [1.82, 2.24) is 0 Å². The Balaban J connectivity index is 2.57. The van der Waals surface area contributed by atoms with E-state index in [9.17, 15) is 0 Å². The van der Waals surface area contributed by atoms with Crippen LogP contribution in [0.15, 0.2) is 60.7 Å². The van der Waals surface area contributed by atoms with E-state index in [1.165, 1.54) is 11.1 Å². The van der Waals surface area contributed by atoms with Gasteiger partial charge in [-0.05, 0) is 16.5 Å². The lowest BCUT2D eigenvalue weighted by atomic mass is 9.47. The molecule has 0 bridgehead atoms. The molecule has 0 heterocycles. The third kappa shape index (κ3) is 2.82. The van der Waals surface area contributed by atoms with E-state index < -0.39 is 0 Å². The van der Waals surface area contributed by atoms with Gasteiger partial charge in [0.25, 0.3) is 0 Å². The SMILES string of the molecule is [B][C@@](C)(C(c1ccccc1)c1ccccc1)C(C)(C)C. The lowest BCUT2D eigenvalue weighted by molar-refractivity contribution is 0.257. The summed E-state index contributed by atoms with van der Waals surface area (Å²) in [6, 6.07) is 21.2. The van der Waals surface area contributed by atoms with Gasteiger partial charge in [-0.1, -0.05) is 93.7 Å². The van der Waals surface area contributed by atoms with E-state index in [4.69, 9.17) is 7.85 Å². The predicted octanol–water partition coefficient (Wildman–Crippen LogP) is 5.21. The van der Waals surface area contributed by atoms with Crippen LogP contribution in [0.1, 0.15) is 44.7 Å². The Kier molecular flexibility index (Phi) is 4.08. The van der Waals surface area contributed by atoms with Gasteiger partial charge < -0.3 is 0 Å². The topological polar surface area (TPSA) is 0 Å². The van der Waals surface area contributed by atoms with E-state index in [-0.39, 0.29) is 16.6 Å². The number of hydrogen-bond donors (Lipinski definition) is 0. The summed E-state index contributed by atoms with van der Waals surface area (Å²) in [6.45, 7) is 8.81. The van der Waals surface area contributed by atoms with E-state index in [0.29, 0.717) is 0 Å². The van der Waals surface area contributed by atoms with Gasteiger partial charge in [-0.3, -0.25) is 0 Å². The molecule has 20 heavy (non-hydrogen) atoms. The zero-order chi connectivity index (χ0) is 14.8. The van der Waals surface area contributed by atoms with Crippen molar-refractivity contribution in [3.63, 3.8) is 0 Å². The van der Waals surface area contributed by atoms with Gasteiger partial charge in [0.05, 0.1) is 7.85 Å². The first-order valence-corrected chi connectivity index (χ1v) is 7.23. The van der Waals surface area contributed by atoms with Crippen LogP contribution in [0.3, 0.4) is 0 Å². The van der Waals surface area contributed by atoms with Crippen LogP contribution in [0.25, 0.3) is 0 Å². The van der Waals surface area contributed by atoms with Crippen molar-refractivity contribution in [1.29, 1.82) is 0 Å². The Morgan fingerprint density at radius 1 is 0.700 bits per heavy atom. The zero-order valence-corrected chi connectivity index (χ0v) is 12.9. The predicted molar refractivity (Wildman–Crippen MR) is 88.3 cm³/mol. The molecular weight excluding hydrogens is 239 g/mol. The van der Waals surface area contributed by atoms with Crippen LogP contribution >= 0.6 is 0 Å². The van der Waals surface area contributed by atoms with E-state index in [1.54, 1.807) is 0 Å². The van der Waals surface area contributed by atoms with E-state index in [2.05, 4.69) is 88.4 Å². The molecule has 2 aromatic rings. The van der Waals surface area contributed by atoms with Crippen LogP contribution in [0.2, 0.25) is 5.31 Å². The van der Waals surface area contributed by atoms with Crippen LogP contribution in [-0.4, -0.2) is 7.85 Å². The van der Waals surface area contributed by atoms with Crippen molar-refractivity contribution < 1.29 is 0 Å². The second kappa shape index (κ2) is 5.48. The van der Waals surface area contributed by atoms with Crippen LogP contribution < -0.4 is 0 Å². The molecule has 2 rings (SSSR count). The van der Waals surface area contributed by atoms with Crippen molar-refractivity contribution in [2.45, 2.75) is 38.9 Å². The molecule has 0 spiro atoms. The van der Waals surface area contributed by atoms with Gasteiger partial charge in [-0.15, -0.1) is 0 Å². The fourth-order valence-corrected chi connectivity index (χ4v) is 2.61. The molecule has 0 saturated carbocycles. The van der Waals surface area contributed by atoms with Gasteiger partial charge in [0.1, 0.15) is 0 Å².